The third kappa shape index (κ3) is 2.62. The van der Waals surface area contributed by atoms with Crippen molar-refractivity contribution in [2.24, 2.45) is 0 Å². The summed E-state index contributed by atoms with van der Waals surface area (Å²) in [6, 6.07) is 8.88. The number of hydrogen-bond donors (Lipinski definition) is 1. The van der Waals surface area contributed by atoms with E-state index in [0.29, 0.717) is 4.90 Å². The normalized spacial score (nSPS) is 10.2. The summed E-state index contributed by atoms with van der Waals surface area (Å²) in [5.74, 6) is 0.345. The van der Waals surface area contributed by atoms with Crippen LogP contribution in [0.15, 0.2) is 55.6 Å². The first kappa shape index (κ1) is 11.6. The Morgan fingerprint density at radius 3 is 2.94 bits per heavy atom. The fourth-order valence-corrected chi connectivity index (χ4v) is 2.15. The zero-order valence-electron chi connectivity index (χ0n) is 9.04. The molecule has 1 N–H and O–H groups in total. The van der Waals surface area contributed by atoms with E-state index in [1.165, 1.54) is 18.0 Å². The lowest BCUT2D eigenvalue weighted by Crippen LogP contribution is -1.97. The van der Waals surface area contributed by atoms with Gasteiger partial charge in [-0.1, -0.05) is 17.8 Å². The van der Waals surface area contributed by atoms with Crippen molar-refractivity contribution in [3.63, 3.8) is 0 Å². The first-order chi connectivity index (χ1) is 8.20. The van der Waals surface area contributed by atoms with E-state index >= 15 is 0 Å². The van der Waals surface area contributed by atoms with Crippen LogP contribution in [0.3, 0.4) is 0 Å². The number of benzene rings is 1. The van der Waals surface area contributed by atoms with Crippen molar-refractivity contribution in [2.45, 2.75) is 9.79 Å². The number of methoxy groups -OCH3 is 1. The van der Waals surface area contributed by atoms with Crippen LogP contribution in [0.1, 0.15) is 0 Å². The maximum absolute atomic E-state index is 11.1. The van der Waals surface area contributed by atoms with Gasteiger partial charge in [-0.25, -0.2) is 4.79 Å². The molecule has 0 amide bonds. The zero-order valence-corrected chi connectivity index (χ0v) is 9.86. The molecule has 0 aliphatic heterocycles. The molecule has 5 heteroatoms. The van der Waals surface area contributed by atoms with Crippen LogP contribution in [-0.2, 0) is 0 Å². The number of rotatable bonds is 3. The molecule has 0 atom stereocenters. The fraction of sp³-hybridized carbons (Fsp3) is 0.0833. The Bertz CT molecular complexity index is 577. The summed E-state index contributed by atoms with van der Waals surface area (Å²) >= 11 is 1.27. The van der Waals surface area contributed by atoms with E-state index in [2.05, 4.69) is 4.42 Å². The molecule has 1 aromatic heterocycles. The number of ether oxygens (including phenoxy) is 1. The van der Waals surface area contributed by atoms with E-state index < -0.39 is 5.63 Å². The zero-order chi connectivity index (χ0) is 12.3. The Morgan fingerprint density at radius 1 is 1.35 bits per heavy atom. The highest BCUT2D eigenvalue weighted by molar-refractivity contribution is 7.99. The molecule has 88 valence electrons. The minimum Gasteiger partial charge on any atom is -0.501 e. The molecular weight excluding hydrogens is 240 g/mol. The summed E-state index contributed by atoms with van der Waals surface area (Å²) in [7, 11) is 1.58. The standard InChI is InChI=1S/C12H10O4S/c1-15-8-3-2-4-9(7-8)17-10-5-6-16-12(14)11(10)13/h2-7,13H,1H3. The van der Waals surface area contributed by atoms with Gasteiger partial charge >= 0.3 is 5.63 Å². The van der Waals surface area contributed by atoms with Crippen LogP contribution in [0.25, 0.3) is 0 Å². The van der Waals surface area contributed by atoms with Crippen molar-refractivity contribution in [3.8, 4) is 11.5 Å². The van der Waals surface area contributed by atoms with Crippen LogP contribution in [0.5, 0.6) is 11.5 Å². The van der Waals surface area contributed by atoms with Gasteiger partial charge in [0.05, 0.1) is 18.3 Å². The second kappa shape index (κ2) is 4.97. The first-order valence-corrected chi connectivity index (χ1v) is 5.65. The molecule has 0 aliphatic rings. The van der Waals surface area contributed by atoms with E-state index in [4.69, 9.17) is 4.74 Å². The molecule has 4 nitrogen and oxygen atoms in total. The second-order valence-electron chi connectivity index (χ2n) is 3.20. The van der Waals surface area contributed by atoms with Gasteiger partial charge in [0.25, 0.3) is 0 Å². The van der Waals surface area contributed by atoms with E-state index in [-0.39, 0.29) is 5.75 Å². The highest BCUT2D eigenvalue weighted by Gasteiger charge is 2.08. The predicted molar refractivity (Wildman–Crippen MR) is 63.8 cm³/mol. The molecule has 2 aromatic rings. The van der Waals surface area contributed by atoms with Crippen molar-refractivity contribution < 1.29 is 14.3 Å². The minimum absolute atomic E-state index is 0.375. The summed E-state index contributed by atoms with van der Waals surface area (Å²) in [4.78, 5) is 12.4. The number of hydrogen-bond acceptors (Lipinski definition) is 5. The molecule has 0 aliphatic carbocycles. The summed E-state index contributed by atoms with van der Waals surface area (Å²) < 4.78 is 9.63. The van der Waals surface area contributed by atoms with E-state index in [1.54, 1.807) is 13.2 Å². The van der Waals surface area contributed by atoms with Gasteiger partial charge in [-0.3, -0.25) is 0 Å². The van der Waals surface area contributed by atoms with Crippen LogP contribution < -0.4 is 10.4 Å². The average Bonchev–Trinajstić information content (AvgIpc) is 2.35. The topological polar surface area (TPSA) is 59.7 Å². The van der Waals surface area contributed by atoms with Gasteiger partial charge in [-0.05, 0) is 24.3 Å². The van der Waals surface area contributed by atoms with E-state index in [9.17, 15) is 9.90 Å². The van der Waals surface area contributed by atoms with Crippen LogP contribution in [-0.4, -0.2) is 12.2 Å². The summed E-state index contributed by atoms with van der Waals surface area (Å²) in [6.45, 7) is 0. The van der Waals surface area contributed by atoms with Gasteiger partial charge in [-0.15, -0.1) is 0 Å². The molecule has 0 bridgehead atoms. The molecule has 0 fully saturated rings. The monoisotopic (exact) mass is 250 g/mol. The van der Waals surface area contributed by atoms with Crippen molar-refractivity contribution in [3.05, 3.63) is 47.0 Å². The van der Waals surface area contributed by atoms with E-state index in [0.717, 1.165) is 10.6 Å². The molecular formula is C12H10O4S. The first-order valence-electron chi connectivity index (χ1n) is 4.83. The van der Waals surface area contributed by atoms with Crippen LogP contribution >= 0.6 is 11.8 Å². The average molecular weight is 250 g/mol. The van der Waals surface area contributed by atoms with Gasteiger partial charge in [0.1, 0.15) is 5.75 Å². The van der Waals surface area contributed by atoms with Crippen molar-refractivity contribution in [1.29, 1.82) is 0 Å². The molecule has 0 saturated carbocycles. The quantitative estimate of drug-likeness (QED) is 0.907. The molecule has 0 saturated heterocycles. The van der Waals surface area contributed by atoms with Gasteiger partial charge in [0, 0.05) is 4.90 Å². The summed E-state index contributed by atoms with van der Waals surface area (Å²) in [5.41, 5.74) is -0.738. The largest absolute Gasteiger partial charge is 0.501 e. The Labute approximate surface area is 102 Å². The molecule has 17 heavy (non-hydrogen) atoms. The maximum Gasteiger partial charge on any atom is 0.379 e. The highest BCUT2D eigenvalue weighted by Crippen LogP contribution is 2.33. The lowest BCUT2D eigenvalue weighted by molar-refractivity contribution is 0.399. The van der Waals surface area contributed by atoms with Gasteiger partial charge in [0.2, 0.25) is 5.75 Å². The summed E-state index contributed by atoms with van der Waals surface area (Å²) in [5, 5.41) is 9.53. The van der Waals surface area contributed by atoms with E-state index in [1.807, 2.05) is 24.3 Å². The lowest BCUT2D eigenvalue weighted by Gasteiger charge is -2.04. The lowest BCUT2D eigenvalue weighted by atomic mass is 10.3. The van der Waals surface area contributed by atoms with Crippen LogP contribution in [0, 0.1) is 0 Å². The molecule has 0 spiro atoms. The summed E-state index contributed by atoms with van der Waals surface area (Å²) in [6.07, 6.45) is 1.25. The molecule has 2 rings (SSSR count). The number of aromatic hydroxyl groups is 1. The smallest absolute Gasteiger partial charge is 0.379 e. The van der Waals surface area contributed by atoms with Crippen molar-refractivity contribution in [1.82, 2.24) is 0 Å². The second-order valence-corrected chi connectivity index (χ2v) is 4.32. The molecule has 1 aromatic carbocycles. The van der Waals surface area contributed by atoms with Crippen LogP contribution in [0.2, 0.25) is 0 Å². The fourth-order valence-electron chi connectivity index (χ4n) is 1.27. The third-order valence-corrected chi connectivity index (χ3v) is 3.13. The Hall–Kier alpha value is -1.88. The Balaban J connectivity index is 2.31. The SMILES string of the molecule is COc1cccc(Sc2ccoc(=O)c2O)c1. The minimum atomic E-state index is -0.738. The Morgan fingerprint density at radius 2 is 2.18 bits per heavy atom. The third-order valence-electron chi connectivity index (χ3n) is 2.09. The molecule has 1 heterocycles. The highest BCUT2D eigenvalue weighted by atomic mass is 32.2. The Kier molecular flexibility index (Phi) is 3.39. The molecule has 0 unspecified atom stereocenters. The maximum atomic E-state index is 11.1. The van der Waals surface area contributed by atoms with Crippen molar-refractivity contribution >= 4 is 11.8 Å². The molecule has 0 radical (unpaired) electrons. The van der Waals surface area contributed by atoms with Crippen LogP contribution in [0.4, 0.5) is 0 Å². The van der Waals surface area contributed by atoms with Crippen molar-refractivity contribution in [2.75, 3.05) is 7.11 Å². The van der Waals surface area contributed by atoms with Gasteiger partial charge < -0.3 is 14.3 Å². The van der Waals surface area contributed by atoms with Gasteiger partial charge in [0.15, 0.2) is 0 Å². The van der Waals surface area contributed by atoms with Gasteiger partial charge in [-0.2, -0.15) is 0 Å². The predicted octanol–water partition coefficient (Wildman–Crippen LogP) is 2.51.